The van der Waals surface area contributed by atoms with Gasteiger partial charge in [0.2, 0.25) is 0 Å². The molecule has 3 rings (SSSR count). The van der Waals surface area contributed by atoms with E-state index >= 15 is 0 Å². The first-order valence-corrected chi connectivity index (χ1v) is 10.6. The molecule has 3 nitrogen and oxygen atoms in total. The highest BCUT2D eigenvalue weighted by Crippen LogP contribution is 2.34. The summed E-state index contributed by atoms with van der Waals surface area (Å²) in [6, 6.07) is 18.0. The maximum Gasteiger partial charge on any atom is 0.310 e. The Labute approximate surface area is 178 Å². The predicted molar refractivity (Wildman–Crippen MR) is 118 cm³/mol. The lowest BCUT2D eigenvalue weighted by Crippen LogP contribution is -2.25. The van der Waals surface area contributed by atoms with Crippen molar-refractivity contribution in [1.82, 2.24) is 0 Å². The van der Waals surface area contributed by atoms with Gasteiger partial charge in [-0.3, -0.25) is 4.79 Å². The summed E-state index contributed by atoms with van der Waals surface area (Å²) in [5.74, 6) is 0.814. The summed E-state index contributed by atoms with van der Waals surface area (Å²) in [6.45, 7) is 6.18. The van der Waals surface area contributed by atoms with Crippen molar-refractivity contribution in [3.63, 3.8) is 0 Å². The monoisotopic (exact) mass is 412 g/mol. The van der Waals surface area contributed by atoms with Crippen LogP contribution in [0.4, 0.5) is 0 Å². The Morgan fingerprint density at radius 3 is 2.48 bits per heavy atom. The van der Waals surface area contributed by atoms with Crippen LogP contribution in [0, 0.1) is 5.92 Å². The average Bonchev–Trinajstić information content (AvgIpc) is 2.66. The summed E-state index contributed by atoms with van der Waals surface area (Å²) in [4.78, 5) is 12.2. The summed E-state index contributed by atoms with van der Waals surface area (Å²) < 4.78 is 11.6. The SMILES string of the molecule is CC(C)(C)OC(=O)Cc1ccccc1OCC1CC(c2ccccc2)=CC(Cl)C1. The Kier molecular flexibility index (Phi) is 7.02. The first-order chi connectivity index (χ1) is 13.8. The van der Waals surface area contributed by atoms with Crippen molar-refractivity contribution in [3.8, 4) is 5.75 Å². The van der Waals surface area contributed by atoms with Crippen LogP contribution in [0.15, 0.2) is 60.7 Å². The molecule has 0 N–H and O–H groups in total. The lowest BCUT2D eigenvalue weighted by atomic mass is 9.86. The second kappa shape index (κ2) is 9.49. The first kappa shape index (κ1) is 21.4. The van der Waals surface area contributed by atoms with E-state index in [2.05, 4.69) is 18.2 Å². The summed E-state index contributed by atoms with van der Waals surface area (Å²) in [5.41, 5.74) is 2.84. The molecule has 2 atom stereocenters. The molecular weight excluding hydrogens is 384 g/mol. The van der Waals surface area contributed by atoms with E-state index in [4.69, 9.17) is 21.1 Å². The molecular formula is C25H29ClO3. The van der Waals surface area contributed by atoms with Crippen molar-refractivity contribution in [2.75, 3.05) is 6.61 Å². The highest BCUT2D eigenvalue weighted by atomic mass is 35.5. The highest BCUT2D eigenvalue weighted by Gasteiger charge is 2.23. The van der Waals surface area contributed by atoms with E-state index in [1.54, 1.807) is 0 Å². The van der Waals surface area contributed by atoms with Crippen LogP contribution in [-0.4, -0.2) is 23.6 Å². The smallest absolute Gasteiger partial charge is 0.310 e. The number of ether oxygens (including phenoxy) is 2. The van der Waals surface area contributed by atoms with Crippen molar-refractivity contribution in [3.05, 3.63) is 71.8 Å². The van der Waals surface area contributed by atoms with Gasteiger partial charge >= 0.3 is 5.97 Å². The number of hydrogen-bond donors (Lipinski definition) is 0. The Hall–Kier alpha value is -2.26. The van der Waals surface area contributed by atoms with Crippen LogP contribution in [0.5, 0.6) is 5.75 Å². The quantitative estimate of drug-likeness (QED) is 0.428. The van der Waals surface area contributed by atoms with Gasteiger partial charge in [-0.25, -0.2) is 0 Å². The van der Waals surface area contributed by atoms with Gasteiger partial charge in [-0.1, -0.05) is 54.6 Å². The Morgan fingerprint density at radius 1 is 1.07 bits per heavy atom. The van der Waals surface area contributed by atoms with Crippen LogP contribution in [0.3, 0.4) is 0 Å². The third-order valence-electron chi connectivity index (χ3n) is 4.80. The lowest BCUT2D eigenvalue weighted by Gasteiger charge is -2.26. The normalized spacial score (nSPS) is 19.4. The van der Waals surface area contributed by atoms with E-state index < -0.39 is 5.60 Å². The Bertz CT molecular complexity index is 852. The summed E-state index contributed by atoms with van der Waals surface area (Å²) >= 11 is 6.51. The molecule has 0 bridgehead atoms. The van der Waals surface area contributed by atoms with Crippen LogP contribution in [0.25, 0.3) is 5.57 Å². The molecule has 0 aromatic heterocycles. The molecule has 2 aromatic rings. The van der Waals surface area contributed by atoms with Crippen molar-refractivity contribution in [1.29, 1.82) is 0 Å². The van der Waals surface area contributed by atoms with Crippen molar-refractivity contribution >= 4 is 23.1 Å². The van der Waals surface area contributed by atoms with Crippen molar-refractivity contribution in [2.24, 2.45) is 5.92 Å². The van der Waals surface area contributed by atoms with Crippen LogP contribution < -0.4 is 4.74 Å². The van der Waals surface area contributed by atoms with Crippen LogP contribution >= 0.6 is 11.6 Å². The van der Waals surface area contributed by atoms with Crippen LogP contribution in [0.1, 0.15) is 44.7 Å². The van der Waals surface area contributed by atoms with Crippen LogP contribution in [0.2, 0.25) is 0 Å². The number of benzene rings is 2. The van der Waals surface area contributed by atoms with Gasteiger partial charge in [-0.05, 0) is 56.7 Å². The number of rotatable bonds is 6. The molecule has 0 saturated heterocycles. The summed E-state index contributed by atoms with van der Waals surface area (Å²) in [5, 5.41) is 0.00423. The Balaban J connectivity index is 1.63. The number of hydrogen-bond acceptors (Lipinski definition) is 3. The van der Waals surface area contributed by atoms with Gasteiger partial charge in [0.15, 0.2) is 0 Å². The largest absolute Gasteiger partial charge is 0.493 e. The third kappa shape index (κ3) is 6.64. The third-order valence-corrected chi connectivity index (χ3v) is 5.10. The van der Waals surface area contributed by atoms with E-state index in [1.165, 1.54) is 11.1 Å². The standard InChI is InChI=1S/C25H29ClO3/c1-25(2,3)29-24(27)16-20-11-7-8-12-23(20)28-17-18-13-21(15-22(26)14-18)19-9-5-4-6-10-19/h4-12,15,18,22H,13-14,16-17H2,1-3H3. The van der Waals surface area contributed by atoms with Crippen molar-refractivity contribution < 1.29 is 14.3 Å². The van der Waals surface area contributed by atoms with Gasteiger partial charge in [0.25, 0.3) is 0 Å². The molecule has 0 spiro atoms. The second-order valence-electron chi connectivity index (χ2n) is 8.56. The molecule has 1 aliphatic carbocycles. The minimum atomic E-state index is -0.496. The summed E-state index contributed by atoms with van der Waals surface area (Å²) in [6.07, 6.45) is 4.17. The number of carbonyl (C=O) groups excluding carboxylic acids is 1. The predicted octanol–water partition coefficient (Wildman–Crippen LogP) is 6.05. The molecule has 2 aromatic carbocycles. The zero-order chi connectivity index (χ0) is 20.9. The Morgan fingerprint density at radius 2 is 1.76 bits per heavy atom. The summed E-state index contributed by atoms with van der Waals surface area (Å²) in [7, 11) is 0. The maximum absolute atomic E-state index is 12.2. The number of halogens is 1. The lowest BCUT2D eigenvalue weighted by molar-refractivity contribution is -0.153. The molecule has 2 unspecified atom stereocenters. The van der Waals surface area contributed by atoms with E-state index in [0.29, 0.717) is 12.5 Å². The fourth-order valence-corrected chi connectivity index (χ4v) is 4.00. The molecule has 0 radical (unpaired) electrons. The van der Waals surface area contributed by atoms with E-state index in [1.807, 2.05) is 63.2 Å². The second-order valence-corrected chi connectivity index (χ2v) is 9.12. The van der Waals surface area contributed by atoms with Gasteiger partial charge in [-0.15, -0.1) is 11.6 Å². The fraction of sp³-hybridized carbons (Fsp3) is 0.400. The molecule has 29 heavy (non-hydrogen) atoms. The molecule has 4 heteroatoms. The zero-order valence-corrected chi connectivity index (χ0v) is 18.1. The molecule has 1 aliphatic rings. The molecule has 154 valence electrons. The van der Waals surface area contributed by atoms with Gasteiger partial charge < -0.3 is 9.47 Å². The number of allylic oxidation sites excluding steroid dienone is 2. The van der Waals surface area contributed by atoms with Gasteiger partial charge in [-0.2, -0.15) is 0 Å². The number of alkyl halides is 1. The van der Waals surface area contributed by atoms with Crippen LogP contribution in [-0.2, 0) is 16.0 Å². The number of carbonyl (C=O) groups is 1. The van der Waals surface area contributed by atoms with E-state index in [9.17, 15) is 4.79 Å². The topological polar surface area (TPSA) is 35.5 Å². The van der Waals surface area contributed by atoms with E-state index in [-0.39, 0.29) is 17.8 Å². The number of esters is 1. The molecule has 0 saturated carbocycles. The average molecular weight is 413 g/mol. The fourth-order valence-electron chi connectivity index (χ4n) is 3.59. The van der Waals surface area contributed by atoms with Gasteiger partial charge in [0.1, 0.15) is 11.4 Å². The molecule has 0 fully saturated rings. The zero-order valence-electron chi connectivity index (χ0n) is 17.4. The van der Waals surface area contributed by atoms with E-state index in [0.717, 1.165) is 24.2 Å². The molecule has 0 heterocycles. The molecule has 0 amide bonds. The maximum atomic E-state index is 12.2. The first-order valence-electron chi connectivity index (χ1n) is 10.1. The minimum Gasteiger partial charge on any atom is -0.493 e. The molecule has 0 aliphatic heterocycles. The number of para-hydroxylation sites is 1. The van der Waals surface area contributed by atoms with Gasteiger partial charge in [0.05, 0.1) is 18.4 Å². The van der Waals surface area contributed by atoms with Crippen molar-refractivity contribution in [2.45, 2.75) is 51.0 Å². The highest BCUT2D eigenvalue weighted by molar-refractivity contribution is 6.22. The van der Waals surface area contributed by atoms with Gasteiger partial charge in [0, 0.05) is 5.56 Å². The minimum absolute atomic E-state index is 0.00423.